The zero-order chi connectivity index (χ0) is 14.4. The largest absolute Gasteiger partial charge is 0.480 e. The smallest absolute Gasteiger partial charge is 0.326 e. The van der Waals surface area contributed by atoms with E-state index in [1.807, 2.05) is 38.1 Å². The lowest BCUT2D eigenvalue weighted by Crippen LogP contribution is -2.46. The zero-order valence-electron chi connectivity index (χ0n) is 11.5. The molecule has 0 fully saturated rings. The van der Waals surface area contributed by atoms with Crippen molar-refractivity contribution in [3.8, 4) is 0 Å². The Kier molecular flexibility index (Phi) is 5.36. The second kappa shape index (κ2) is 6.78. The minimum absolute atomic E-state index is 0.412. The van der Waals surface area contributed by atoms with Crippen molar-refractivity contribution < 1.29 is 14.7 Å². The van der Waals surface area contributed by atoms with E-state index in [1.54, 1.807) is 7.05 Å². The Bertz CT molecular complexity index is 443. The topological polar surface area (TPSA) is 69.6 Å². The van der Waals surface area contributed by atoms with Gasteiger partial charge in [-0.05, 0) is 25.5 Å². The van der Waals surface area contributed by atoms with E-state index in [2.05, 4.69) is 5.32 Å². The summed E-state index contributed by atoms with van der Waals surface area (Å²) in [5.74, 6) is -1.01. The number of carbonyl (C=O) groups excluding carboxylic acids is 1. The summed E-state index contributed by atoms with van der Waals surface area (Å²) in [6.07, 6.45) is 1.12. The molecule has 19 heavy (non-hydrogen) atoms. The van der Waals surface area contributed by atoms with Gasteiger partial charge in [0.25, 0.3) is 0 Å². The molecule has 0 saturated carbocycles. The summed E-state index contributed by atoms with van der Waals surface area (Å²) in [5.41, 5.74) is 1.83. The van der Waals surface area contributed by atoms with Crippen LogP contribution in [0.3, 0.4) is 0 Å². The van der Waals surface area contributed by atoms with Crippen molar-refractivity contribution in [2.24, 2.45) is 0 Å². The number of amides is 2. The van der Waals surface area contributed by atoms with Crippen LogP contribution in [-0.4, -0.2) is 30.2 Å². The third kappa shape index (κ3) is 4.28. The summed E-state index contributed by atoms with van der Waals surface area (Å²) < 4.78 is 0. The Hall–Kier alpha value is -2.04. The number of carboxylic acid groups (broad SMARTS) is 1. The molecule has 0 bridgehead atoms. The maximum Gasteiger partial charge on any atom is 0.326 e. The minimum Gasteiger partial charge on any atom is -0.480 e. The van der Waals surface area contributed by atoms with Gasteiger partial charge in [0.05, 0.1) is 0 Å². The maximum absolute atomic E-state index is 12.0. The summed E-state index contributed by atoms with van der Waals surface area (Å²) in [5, 5.41) is 11.5. The number of hydrogen-bond donors (Lipinski definition) is 2. The van der Waals surface area contributed by atoms with E-state index in [0.717, 1.165) is 11.3 Å². The number of nitrogens with zero attached hydrogens (tertiary/aromatic N) is 1. The number of benzene rings is 1. The number of carboxylic acids is 1. The van der Waals surface area contributed by atoms with Crippen molar-refractivity contribution in [1.29, 1.82) is 0 Å². The molecule has 0 radical (unpaired) electrons. The number of anilines is 1. The molecule has 0 unspecified atom stereocenters. The van der Waals surface area contributed by atoms with Crippen LogP contribution in [0.1, 0.15) is 25.3 Å². The summed E-state index contributed by atoms with van der Waals surface area (Å²) >= 11 is 0. The van der Waals surface area contributed by atoms with Crippen molar-refractivity contribution in [2.45, 2.75) is 32.7 Å². The molecule has 0 heterocycles. The number of aliphatic carboxylic acids is 1. The Morgan fingerprint density at radius 1 is 1.32 bits per heavy atom. The first kappa shape index (κ1) is 15.0. The Balaban J connectivity index is 2.71. The first-order valence-electron chi connectivity index (χ1n) is 6.29. The van der Waals surface area contributed by atoms with E-state index in [9.17, 15) is 9.59 Å². The molecule has 2 amide bonds. The molecular weight excluding hydrogens is 244 g/mol. The Labute approximate surface area is 113 Å². The van der Waals surface area contributed by atoms with Crippen molar-refractivity contribution in [2.75, 3.05) is 11.9 Å². The van der Waals surface area contributed by atoms with Gasteiger partial charge >= 0.3 is 12.0 Å². The third-order valence-electron chi connectivity index (χ3n) is 2.90. The lowest BCUT2D eigenvalue weighted by molar-refractivity contribution is -0.139. The highest BCUT2D eigenvalue weighted by Crippen LogP contribution is 2.13. The van der Waals surface area contributed by atoms with E-state index in [-0.39, 0.29) is 0 Å². The van der Waals surface area contributed by atoms with Gasteiger partial charge in [0.2, 0.25) is 0 Å². The lowest BCUT2D eigenvalue weighted by Gasteiger charge is -2.21. The van der Waals surface area contributed by atoms with E-state index < -0.39 is 18.0 Å². The second-order valence-electron chi connectivity index (χ2n) is 4.52. The summed E-state index contributed by atoms with van der Waals surface area (Å²) in [6.45, 7) is 3.84. The highest BCUT2D eigenvalue weighted by molar-refractivity contribution is 5.93. The Morgan fingerprint density at radius 2 is 1.89 bits per heavy atom. The average molecular weight is 264 g/mol. The van der Waals surface area contributed by atoms with Crippen LogP contribution in [0.2, 0.25) is 0 Å². The summed E-state index contributed by atoms with van der Waals surface area (Å²) in [6, 6.07) is 6.20. The number of nitrogens with one attached hydrogen (secondary N) is 1. The number of rotatable bonds is 5. The van der Waals surface area contributed by atoms with Crippen LogP contribution in [-0.2, 0) is 4.79 Å². The van der Waals surface area contributed by atoms with Crippen LogP contribution in [0.5, 0.6) is 0 Å². The zero-order valence-corrected chi connectivity index (χ0v) is 11.5. The van der Waals surface area contributed by atoms with Crippen molar-refractivity contribution in [3.05, 3.63) is 29.8 Å². The third-order valence-corrected chi connectivity index (χ3v) is 2.90. The highest BCUT2D eigenvalue weighted by Gasteiger charge is 2.21. The highest BCUT2D eigenvalue weighted by atomic mass is 16.4. The van der Waals surface area contributed by atoms with Gasteiger partial charge in [-0.1, -0.05) is 31.0 Å². The Morgan fingerprint density at radius 3 is 2.37 bits per heavy atom. The molecule has 5 nitrogen and oxygen atoms in total. The van der Waals surface area contributed by atoms with Crippen molar-refractivity contribution in [1.82, 2.24) is 5.32 Å². The SMILES string of the molecule is CCC[C@@H](NC(=O)N(C)c1ccc(C)cc1)C(=O)O. The van der Waals surface area contributed by atoms with Crippen molar-refractivity contribution in [3.63, 3.8) is 0 Å². The summed E-state index contributed by atoms with van der Waals surface area (Å²) in [7, 11) is 1.62. The fourth-order valence-electron chi connectivity index (χ4n) is 1.68. The number of hydrogen-bond acceptors (Lipinski definition) is 2. The molecule has 2 N–H and O–H groups in total. The quantitative estimate of drug-likeness (QED) is 0.858. The summed E-state index contributed by atoms with van der Waals surface area (Å²) in [4.78, 5) is 24.4. The number of carbonyl (C=O) groups is 2. The minimum atomic E-state index is -1.01. The standard InChI is InChI=1S/C14H20N2O3/c1-4-5-12(13(17)18)15-14(19)16(3)11-8-6-10(2)7-9-11/h6-9,12H,4-5H2,1-3H3,(H,15,19)(H,17,18)/t12-/m1/s1. The molecule has 0 aliphatic rings. The molecule has 1 atom stereocenters. The lowest BCUT2D eigenvalue weighted by atomic mass is 10.2. The molecule has 0 spiro atoms. The van der Waals surface area contributed by atoms with Crippen LogP contribution in [0, 0.1) is 6.92 Å². The molecule has 5 heteroatoms. The van der Waals surface area contributed by atoms with Gasteiger partial charge in [-0.15, -0.1) is 0 Å². The monoisotopic (exact) mass is 264 g/mol. The molecule has 1 aromatic carbocycles. The van der Waals surface area contributed by atoms with Gasteiger partial charge in [0, 0.05) is 12.7 Å². The molecule has 0 aliphatic carbocycles. The van der Waals surface area contributed by atoms with Crippen molar-refractivity contribution >= 4 is 17.7 Å². The molecule has 0 aliphatic heterocycles. The van der Waals surface area contributed by atoms with Gasteiger partial charge < -0.3 is 10.4 Å². The van der Waals surface area contributed by atoms with Crippen LogP contribution in [0.15, 0.2) is 24.3 Å². The van der Waals surface area contributed by atoms with Crippen LogP contribution < -0.4 is 10.2 Å². The molecule has 1 aromatic rings. The van der Waals surface area contributed by atoms with E-state index >= 15 is 0 Å². The number of aryl methyl sites for hydroxylation is 1. The molecule has 1 rings (SSSR count). The molecule has 0 aromatic heterocycles. The van der Waals surface area contributed by atoms with Crippen LogP contribution in [0.4, 0.5) is 10.5 Å². The molecule has 0 saturated heterocycles. The van der Waals surface area contributed by atoms with Crippen LogP contribution in [0.25, 0.3) is 0 Å². The predicted molar refractivity (Wildman–Crippen MR) is 74.4 cm³/mol. The second-order valence-corrected chi connectivity index (χ2v) is 4.52. The number of urea groups is 1. The first-order chi connectivity index (χ1) is 8.95. The van der Waals surface area contributed by atoms with E-state index in [0.29, 0.717) is 12.8 Å². The molecular formula is C14H20N2O3. The van der Waals surface area contributed by atoms with E-state index in [1.165, 1.54) is 4.90 Å². The fourth-order valence-corrected chi connectivity index (χ4v) is 1.68. The first-order valence-corrected chi connectivity index (χ1v) is 6.29. The normalized spacial score (nSPS) is 11.7. The molecule has 104 valence electrons. The van der Waals surface area contributed by atoms with Gasteiger partial charge in [-0.2, -0.15) is 0 Å². The maximum atomic E-state index is 12.0. The van der Waals surface area contributed by atoms with E-state index in [4.69, 9.17) is 5.11 Å². The fraction of sp³-hybridized carbons (Fsp3) is 0.429. The van der Waals surface area contributed by atoms with Gasteiger partial charge in [0.15, 0.2) is 0 Å². The predicted octanol–water partition coefficient (Wildman–Crippen LogP) is 2.39. The van der Waals surface area contributed by atoms with Crippen LogP contribution >= 0.6 is 0 Å². The van der Waals surface area contributed by atoms with Gasteiger partial charge in [-0.3, -0.25) is 4.90 Å². The van der Waals surface area contributed by atoms with Gasteiger partial charge in [0.1, 0.15) is 6.04 Å². The average Bonchev–Trinajstić information content (AvgIpc) is 2.38. The van der Waals surface area contributed by atoms with Gasteiger partial charge in [-0.25, -0.2) is 9.59 Å².